The second-order valence-electron chi connectivity index (χ2n) is 3.32. The Morgan fingerprint density at radius 2 is 2.31 bits per heavy atom. The highest BCUT2D eigenvalue weighted by Gasteiger charge is 2.17. The van der Waals surface area contributed by atoms with Gasteiger partial charge in [0.05, 0.1) is 5.57 Å². The molecule has 1 heterocycles. The molecular weight excluding hydrogens is 166 g/mol. The van der Waals surface area contributed by atoms with Gasteiger partial charge in [-0.2, -0.15) is 0 Å². The van der Waals surface area contributed by atoms with Crippen LogP contribution in [0.5, 0.6) is 0 Å². The highest BCUT2D eigenvalue weighted by molar-refractivity contribution is 5.91. The van der Waals surface area contributed by atoms with E-state index in [-0.39, 0.29) is 0 Å². The number of carboxylic acids is 1. The third-order valence-electron chi connectivity index (χ3n) is 2.42. The molecule has 0 spiro atoms. The molecule has 0 amide bonds. The first-order valence-corrected chi connectivity index (χ1v) is 4.41. The summed E-state index contributed by atoms with van der Waals surface area (Å²) in [5.74, 6) is -0.815. The Hall–Kier alpha value is -1.25. The van der Waals surface area contributed by atoms with Gasteiger partial charge < -0.3 is 10.0 Å². The summed E-state index contributed by atoms with van der Waals surface area (Å²) >= 11 is 0. The van der Waals surface area contributed by atoms with Crippen molar-refractivity contribution in [3.8, 4) is 0 Å². The van der Waals surface area contributed by atoms with Crippen LogP contribution in [0.2, 0.25) is 0 Å². The standard InChI is InChI=1S/C10H15NO2/c1-4-8-6-11(3)7(2)5-9(8)10(12)13/h5H,4,6H2,1-3H3,(H,12,13). The second-order valence-corrected chi connectivity index (χ2v) is 3.32. The Labute approximate surface area is 78.4 Å². The maximum Gasteiger partial charge on any atom is 0.335 e. The van der Waals surface area contributed by atoms with Crippen LogP contribution in [0, 0.1) is 0 Å². The summed E-state index contributed by atoms with van der Waals surface area (Å²) in [6.45, 7) is 4.65. The monoisotopic (exact) mass is 181 g/mol. The van der Waals surface area contributed by atoms with Crippen LogP contribution in [0.4, 0.5) is 0 Å². The molecule has 1 aliphatic heterocycles. The van der Waals surface area contributed by atoms with Crippen molar-refractivity contribution in [3.63, 3.8) is 0 Å². The fourth-order valence-corrected chi connectivity index (χ4v) is 1.43. The summed E-state index contributed by atoms with van der Waals surface area (Å²) in [6, 6.07) is 0. The minimum atomic E-state index is -0.815. The molecule has 0 unspecified atom stereocenters. The summed E-state index contributed by atoms with van der Waals surface area (Å²) in [5.41, 5.74) is 2.48. The molecule has 3 heteroatoms. The van der Waals surface area contributed by atoms with Crippen LogP contribution < -0.4 is 0 Å². The average Bonchev–Trinajstić information content (AvgIpc) is 2.08. The van der Waals surface area contributed by atoms with E-state index in [4.69, 9.17) is 5.11 Å². The van der Waals surface area contributed by atoms with E-state index in [0.717, 1.165) is 24.2 Å². The van der Waals surface area contributed by atoms with Crippen molar-refractivity contribution in [1.82, 2.24) is 4.90 Å². The van der Waals surface area contributed by atoms with E-state index in [2.05, 4.69) is 4.90 Å². The molecular formula is C10H15NO2. The second kappa shape index (κ2) is 3.64. The zero-order valence-corrected chi connectivity index (χ0v) is 8.29. The molecule has 0 fully saturated rings. The molecule has 1 N–H and O–H groups in total. The lowest BCUT2D eigenvalue weighted by Crippen LogP contribution is -2.25. The third kappa shape index (κ3) is 1.91. The van der Waals surface area contributed by atoms with Crippen molar-refractivity contribution < 1.29 is 9.90 Å². The van der Waals surface area contributed by atoms with Gasteiger partial charge in [-0.1, -0.05) is 6.92 Å². The van der Waals surface area contributed by atoms with E-state index in [1.807, 2.05) is 20.9 Å². The Balaban J connectivity index is 3.06. The van der Waals surface area contributed by atoms with Crippen molar-refractivity contribution in [2.24, 2.45) is 0 Å². The predicted octanol–water partition coefficient (Wildman–Crippen LogP) is 1.63. The highest BCUT2D eigenvalue weighted by Crippen LogP contribution is 2.21. The van der Waals surface area contributed by atoms with E-state index in [1.54, 1.807) is 6.08 Å². The molecule has 0 aromatic heterocycles. The molecule has 1 rings (SSSR count). The van der Waals surface area contributed by atoms with Crippen LogP contribution >= 0.6 is 0 Å². The van der Waals surface area contributed by atoms with Gasteiger partial charge in [0, 0.05) is 19.3 Å². The van der Waals surface area contributed by atoms with E-state index in [0.29, 0.717) is 5.57 Å². The van der Waals surface area contributed by atoms with Crippen LogP contribution in [0.25, 0.3) is 0 Å². The van der Waals surface area contributed by atoms with Gasteiger partial charge in [0.1, 0.15) is 0 Å². The molecule has 0 aromatic rings. The number of hydrogen-bond acceptors (Lipinski definition) is 2. The first kappa shape index (κ1) is 9.84. The summed E-state index contributed by atoms with van der Waals surface area (Å²) in [7, 11) is 1.97. The maximum atomic E-state index is 10.9. The summed E-state index contributed by atoms with van der Waals surface area (Å²) in [6.07, 6.45) is 2.54. The SMILES string of the molecule is CCC1=C(C(=O)O)C=C(C)N(C)C1. The fourth-order valence-electron chi connectivity index (χ4n) is 1.43. The number of nitrogens with zero attached hydrogens (tertiary/aromatic N) is 1. The topological polar surface area (TPSA) is 40.5 Å². The van der Waals surface area contributed by atoms with E-state index in [1.165, 1.54) is 0 Å². The van der Waals surface area contributed by atoms with Crippen LogP contribution in [-0.2, 0) is 4.79 Å². The lowest BCUT2D eigenvalue weighted by atomic mass is 10.0. The zero-order valence-electron chi connectivity index (χ0n) is 8.29. The molecule has 0 saturated heterocycles. The molecule has 0 aliphatic carbocycles. The maximum absolute atomic E-state index is 10.9. The Bertz CT molecular complexity index is 289. The molecule has 0 aromatic carbocycles. The lowest BCUT2D eigenvalue weighted by Gasteiger charge is -2.26. The van der Waals surface area contributed by atoms with Gasteiger partial charge >= 0.3 is 5.97 Å². The van der Waals surface area contributed by atoms with Crippen LogP contribution in [0.1, 0.15) is 20.3 Å². The predicted molar refractivity (Wildman–Crippen MR) is 51.3 cm³/mol. The average molecular weight is 181 g/mol. The van der Waals surface area contributed by atoms with E-state index >= 15 is 0 Å². The van der Waals surface area contributed by atoms with Crippen molar-refractivity contribution in [2.75, 3.05) is 13.6 Å². The number of aliphatic carboxylic acids is 1. The first-order valence-electron chi connectivity index (χ1n) is 4.41. The van der Waals surface area contributed by atoms with Crippen molar-refractivity contribution in [2.45, 2.75) is 20.3 Å². The van der Waals surface area contributed by atoms with Crippen LogP contribution in [0.15, 0.2) is 22.9 Å². The normalized spacial score (nSPS) is 17.5. The quantitative estimate of drug-likeness (QED) is 0.703. The van der Waals surface area contributed by atoms with Crippen molar-refractivity contribution in [1.29, 1.82) is 0 Å². The summed E-state index contributed by atoms with van der Waals surface area (Å²) < 4.78 is 0. The van der Waals surface area contributed by atoms with Gasteiger partial charge in [-0.05, 0) is 25.0 Å². The molecule has 72 valence electrons. The first-order chi connectivity index (χ1) is 6.06. The van der Waals surface area contributed by atoms with Gasteiger partial charge in [0.15, 0.2) is 0 Å². The number of likely N-dealkylation sites (N-methyl/N-ethyl adjacent to an activating group) is 1. The third-order valence-corrected chi connectivity index (χ3v) is 2.42. The molecule has 0 atom stereocenters. The number of carbonyl (C=O) groups is 1. The number of hydrogen-bond donors (Lipinski definition) is 1. The number of carboxylic acid groups (broad SMARTS) is 1. The Morgan fingerprint density at radius 1 is 1.69 bits per heavy atom. The van der Waals surface area contributed by atoms with Crippen molar-refractivity contribution in [3.05, 3.63) is 22.9 Å². The smallest absolute Gasteiger partial charge is 0.335 e. The molecule has 0 bridgehead atoms. The Kier molecular flexibility index (Phi) is 2.76. The van der Waals surface area contributed by atoms with Gasteiger partial charge in [0.25, 0.3) is 0 Å². The van der Waals surface area contributed by atoms with E-state index in [9.17, 15) is 4.79 Å². The molecule has 3 nitrogen and oxygen atoms in total. The minimum absolute atomic E-state index is 0.470. The lowest BCUT2D eigenvalue weighted by molar-refractivity contribution is -0.132. The highest BCUT2D eigenvalue weighted by atomic mass is 16.4. The van der Waals surface area contributed by atoms with Crippen molar-refractivity contribution >= 4 is 5.97 Å². The largest absolute Gasteiger partial charge is 0.478 e. The number of allylic oxidation sites excluding steroid dienone is 1. The molecule has 1 aliphatic rings. The molecule has 0 saturated carbocycles. The van der Waals surface area contributed by atoms with Crippen LogP contribution in [0.3, 0.4) is 0 Å². The van der Waals surface area contributed by atoms with Gasteiger partial charge in [-0.3, -0.25) is 0 Å². The molecule has 13 heavy (non-hydrogen) atoms. The minimum Gasteiger partial charge on any atom is -0.478 e. The van der Waals surface area contributed by atoms with Gasteiger partial charge in [0.2, 0.25) is 0 Å². The molecule has 0 radical (unpaired) electrons. The van der Waals surface area contributed by atoms with Crippen LogP contribution in [-0.4, -0.2) is 29.6 Å². The summed E-state index contributed by atoms with van der Waals surface area (Å²) in [4.78, 5) is 12.9. The summed E-state index contributed by atoms with van der Waals surface area (Å²) in [5, 5.41) is 8.92. The fraction of sp³-hybridized carbons (Fsp3) is 0.500. The Morgan fingerprint density at radius 3 is 2.77 bits per heavy atom. The van der Waals surface area contributed by atoms with E-state index < -0.39 is 5.97 Å². The van der Waals surface area contributed by atoms with Gasteiger partial charge in [-0.15, -0.1) is 0 Å². The zero-order chi connectivity index (χ0) is 10.0. The van der Waals surface area contributed by atoms with Gasteiger partial charge in [-0.25, -0.2) is 4.79 Å². The number of rotatable bonds is 2.